The smallest absolute Gasteiger partial charge is 0.306 e. The number of hydrogen-bond donors (Lipinski definition) is 0. The molecule has 3 heteroatoms. The maximum atomic E-state index is 13.4. The minimum Gasteiger partial charge on any atom is -0.458 e. The van der Waals surface area contributed by atoms with Crippen LogP contribution in [0.3, 0.4) is 0 Å². The summed E-state index contributed by atoms with van der Waals surface area (Å²) < 4.78 is 6.70. The molecule has 0 N–H and O–H groups in total. The summed E-state index contributed by atoms with van der Waals surface area (Å²) in [6.07, 6.45) is 20.0. The summed E-state index contributed by atoms with van der Waals surface area (Å²) in [5.74, 6) is 3.61. The van der Waals surface area contributed by atoms with Crippen LogP contribution in [0.1, 0.15) is 130 Å². The molecule has 5 aliphatic carbocycles. The molecule has 35 heavy (non-hydrogen) atoms. The molecule has 0 amide bonds. The van der Waals surface area contributed by atoms with E-state index in [1.165, 1.54) is 63.4 Å². The van der Waals surface area contributed by atoms with Crippen molar-refractivity contribution in [3.8, 4) is 0 Å². The molecule has 0 heterocycles. The molecule has 3 nitrogen and oxygen atoms in total. The second-order valence-electron chi connectivity index (χ2n) is 13.8. The second-order valence-corrected chi connectivity index (χ2v) is 13.8. The molecule has 0 aromatic carbocycles. The molecule has 0 aromatic heterocycles. The predicted octanol–water partition coefficient (Wildman–Crippen LogP) is 8.21. The van der Waals surface area contributed by atoms with Gasteiger partial charge in [0.05, 0.1) is 0 Å². The molecule has 0 radical (unpaired) electrons. The van der Waals surface area contributed by atoms with Crippen molar-refractivity contribution in [1.82, 2.24) is 0 Å². The maximum Gasteiger partial charge on any atom is 0.306 e. The highest BCUT2D eigenvalue weighted by atomic mass is 16.6. The van der Waals surface area contributed by atoms with Crippen molar-refractivity contribution in [3.05, 3.63) is 11.6 Å². The molecule has 0 spiro atoms. The number of allylic oxidation sites excluding steroid dienone is 1. The number of esters is 1. The molecular weight excluding hydrogens is 432 g/mol. The van der Waals surface area contributed by atoms with E-state index in [1.807, 2.05) is 6.08 Å². The van der Waals surface area contributed by atoms with E-state index in [1.54, 1.807) is 0 Å². The largest absolute Gasteiger partial charge is 0.458 e. The van der Waals surface area contributed by atoms with Gasteiger partial charge >= 0.3 is 5.97 Å². The Labute approximate surface area is 214 Å². The van der Waals surface area contributed by atoms with Gasteiger partial charge in [0.1, 0.15) is 5.60 Å². The fourth-order valence-electron chi connectivity index (χ4n) is 10.1. The van der Waals surface area contributed by atoms with Gasteiger partial charge < -0.3 is 4.74 Å². The van der Waals surface area contributed by atoms with Gasteiger partial charge in [0.25, 0.3) is 0 Å². The van der Waals surface area contributed by atoms with Crippen LogP contribution >= 0.6 is 0 Å². The molecule has 4 saturated carbocycles. The number of rotatable bonds is 6. The zero-order valence-corrected chi connectivity index (χ0v) is 23.0. The standard InChI is InChI=1S/C32H50O3/c1-5-16-32(35-29(34)20-22(2)23-9-7-6-8-10-23)19-15-28-26-12-11-24-21-25(33)13-17-30(24,3)27(26)14-18-31(28,32)4/h21-23,26-28H,5-20H2,1-4H3/t22?,26-,27-,28+,30+,31+,32?/m1/s1. The van der Waals surface area contributed by atoms with Crippen LogP contribution < -0.4 is 0 Å². The zero-order valence-electron chi connectivity index (χ0n) is 23.0. The Hall–Kier alpha value is -1.12. The molecule has 2 unspecified atom stereocenters. The summed E-state index contributed by atoms with van der Waals surface area (Å²) in [6.45, 7) is 9.51. The number of hydrogen-bond acceptors (Lipinski definition) is 3. The molecule has 5 aliphatic rings. The number of carbonyl (C=O) groups is 2. The molecule has 7 atom stereocenters. The molecule has 4 fully saturated rings. The Morgan fingerprint density at radius 1 is 1.00 bits per heavy atom. The van der Waals surface area contributed by atoms with Gasteiger partial charge in [-0.25, -0.2) is 0 Å². The molecular formula is C32H50O3. The van der Waals surface area contributed by atoms with Crippen LogP contribution in [0, 0.1) is 40.4 Å². The average molecular weight is 483 g/mol. The van der Waals surface area contributed by atoms with E-state index in [4.69, 9.17) is 4.74 Å². The molecule has 0 aromatic rings. The molecule has 0 saturated heterocycles. The van der Waals surface area contributed by atoms with Gasteiger partial charge in [-0.15, -0.1) is 0 Å². The first-order valence-electron chi connectivity index (χ1n) is 15.2. The zero-order chi connectivity index (χ0) is 24.8. The van der Waals surface area contributed by atoms with Crippen LogP contribution in [-0.2, 0) is 14.3 Å². The summed E-state index contributed by atoms with van der Waals surface area (Å²) in [7, 11) is 0. The Bertz CT molecular complexity index is 853. The summed E-state index contributed by atoms with van der Waals surface area (Å²) in [4.78, 5) is 25.6. The highest BCUT2D eigenvalue weighted by Crippen LogP contribution is 2.69. The van der Waals surface area contributed by atoms with E-state index < -0.39 is 0 Å². The third kappa shape index (κ3) is 4.25. The Morgan fingerprint density at radius 3 is 2.49 bits per heavy atom. The van der Waals surface area contributed by atoms with E-state index in [9.17, 15) is 9.59 Å². The van der Waals surface area contributed by atoms with Crippen molar-refractivity contribution in [2.75, 3.05) is 0 Å². The lowest BCUT2D eigenvalue weighted by atomic mass is 9.46. The summed E-state index contributed by atoms with van der Waals surface area (Å²) in [6, 6.07) is 0. The normalized spacial score (nSPS) is 42.5. The molecule has 5 rings (SSSR count). The van der Waals surface area contributed by atoms with E-state index >= 15 is 0 Å². The Morgan fingerprint density at radius 2 is 1.74 bits per heavy atom. The molecule has 0 aliphatic heterocycles. The molecule has 0 bridgehead atoms. The van der Waals surface area contributed by atoms with Crippen LogP contribution in [-0.4, -0.2) is 17.4 Å². The first-order chi connectivity index (χ1) is 16.7. The lowest BCUT2D eigenvalue weighted by Crippen LogP contribution is -2.56. The maximum absolute atomic E-state index is 13.4. The van der Waals surface area contributed by atoms with E-state index in [-0.39, 0.29) is 22.4 Å². The minimum atomic E-state index is -0.277. The number of ether oxygens (including phenoxy) is 1. The average Bonchev–Trinajstić information content (AvgIpc) is 3.12. The number of ketones is 1. The van der Waals surface area contributed by atoms with Gasteiger partial charge in [0.2, 0.25) is 0 Å². The highest BCUT2D eigenvalue weighted by molar-refractivity contribution is 5.91. The first-order valence-corrected chi connectivity index (χ1v) is 15.2. The summed E-state index contributed by atoms with van der Waals surface area (Å²) >= 11 is 0. The SMILES string of the molecule is CCCC1(OC(=O)CC(C)C2CCCCC2)CC[C@H]2[C@@H]3CCC4=CC(=O)CC[C@]4(C)[C@@H]3CC[C@@]21C. The van der Waals surface area contributed by atoms with Crippen molar-refractivity contribution in [2.24, 2.45) is 40.4 Å². The van der Waals surface area contributed by atoms with Crippen LogP contribution in [0.25, 0.3) is 0 Å². The summed E-state index contributed by atoms with van der Waals surface area (Å²) in [5, 5.41) is 0. The quantitative estimate of drug-likeness (QED) is 0.358. The van der Waals surface area contributed by atoms with Gasteiger partial charge in [-0.2, -0.15) is 0 Å². The van der Waals surface area contributed by atoms with Crippen LogP contribution in [0.4, 0.5) is 0 Å². The molecule has 196 valence electrons. The Balaban J connectivity index is 1.34. The third-order valence-electron chi connectivity index (χ3n) is 12.2. The van der Waals surface area contributed by atoms with Crippen LogP contribution in [0.15, 0.2) is 11.6 Å². The van der Waals surface area contributed by atoms with Crippen molar-refractivity contribution in [3.63, 3.8) is 0 Å². The minimum absolute atomic E-state index is 0.0761. The topological polar surface area (TPSA) is 43.4 Å². The number of fused-ring (bicyclic) bond motifs is 5. The van der Waals surface area contributed by atoms with E-state index in [0.29, 0.717) is 41.8 Å². The van der Waals surface area contributed by atoms with Crippen molar-refractivity contribution < 1.29 is 14.3 Å². The summed E-state index contributed by atoms with van der Waals surface area (Å²) in [5.41, 5.74) is 1.47. The van der Waals surface area contributed by atoms with Crippen molar-refractivity contribution >= 4 is 11.8 Å². The van der Waals surface area contributed by atoms with Crippen molar-refractivity contribution in [1.29, 1.82) is 0 Å². The van der Waals surface area contributed by atoms with E-state index in [0.717, 1.165) is 38.5 Å². The second kappa shape index (κ2) is 9.64. The lowest BCUT2D eigenvalue weighted by molar-refractivity contribution is -0.187. The van der Waals surface area contributed by atoms with Crippen molar-refractivity contribution in [2.45, 2.75) is 136 Å². The third-order valence-corrected chi connectivity index (χ3v) is 12.2. The van der Waals surface area contributed by atoms with Gasteiger partial charge in [0, 0.05) is 18.3 Å². The number of carbonyl (C=O) groups excluding carboxylic acids is 2. The fourth-order valence-corrected chi connectivity index (χ4v) is 10.1. The van der Waals surface area contributed by atoms with Gasteiger partial charge in [-0.05, 0) is 92.4 Å². The van der Waals surface area contributed by atoms with Gasteiger partial charge in [-0.1, -0.05) is 71.8 Å². The predicted molar refractivity (Wildman–Crippen MR) is 141 cm³/mol. The van der Waals surface area contributed by atoms with Gasteiger partial charge in [-0.3, -0.25) is 9.59 Å². The fraction of sp³-hybridized carbons (Fsp3) is 0.875. The van der Waals surface area contributed by atoms with E-state index in [2.05, 4.69) is 27.7 Å². The van der Waals surface area contributed by atoms with Gasteiger partial charge in [0.15, 0.2) is 5.78 Å². The van der Waals surface area contributed by atoms with Crippen LogP contribution in [0.5, 0.6) is 0 Å². The first kappa shape index (κ1) is 25.5. The van der Waals surface area contributed by atoms with Crippen LogP contribution in [0.2, 0.25) is 0 Å². The highest BCUT2D eigenvalue weighted by Gasteiger charge is 2.65. The monoisotopic (exact) mass is 482 g/mol. The lowest BCUT2D eigenvalue weighted by Gasteiger charge is -2.59. The Kier molecular flexibility index (Phi) is 7.03.